The van der Waals surface area contributed by atoms with Crippen molar-refractivity contribution in [1.82, 2.24) is 0 Å². The molecule has 1 aromatic heterocycles. The number of benzene rings is 1. The maximum Gasteiger partial charge on any atom is 0.324 e. The zero-order valence-electron chi connectivity index (χ0n) is 9.41. The Bertz CT molecular complexity index is 526. The number of pyridine rings is 1. The summed E-state index contributed by atoms with van der Waals surface area (Å²) in [6.45, 7) is 0. The maximum atomic E-state index is 12.1. The van der Waals surface area contributed by atoms with Gasteiger partial charge in [-0.2, -0.15) is 4.73 Å². The molecule has 0 unspecified atom stereocenters. The summed E-state index contributed by atoms with van der Waals surface area (Å²) in [6.07, 6.45) is 1.31. The van der Waals surface area contributed by atoms with Crippen LogP contribution >= 0.6 is 0 Å². The molecule has 1 heterocycles. The summed E-state index contributed by atoms with van der Waals surface area (Å²) >= 11 is 0. The highest BCUT2D eigenvalue weighted by atomic mass is 16.5. The van der Waals surface area contributed by atoms with Gasteiger partial charge in [0.2, 0.25) is 0 Å². The number of hydrogen-bond donors (Lipinski definition) is 0. The molecular weight excluding hydrogens is 216 g/mol. The van der Waals surface area contributed by atoms with Crippen LogP contribution in [0.2, 0.25) is 0 Å². The predicted octanol–water partition coefficient (Wildman–Crippen LogP) is 1.60. The molecule has 0 fully saturated rings. The fourth-order valence-electron chi connectivity index (χ4n) is 1.53. The van der Waals surface area contributed by atoms with Gasteiger partial charge in [-0.05, 0) is 18.2 Å². The molecular formula is C13H12N2O2. The van der Waals surface area contributed by atoms with Crippen molar-refractivity contribution in [2.75, 3.05) is 11.9 Å². The Labute approximate surface area is 99.3 Å². The number of rotatable bonds is 2. The second-order valence-electron chi connectivity index (χ2n) is 3.61. The molecule has 0 bridgehead atoms. The van der Waals surface area contributed by atoms with Crippen LogP contribution in [0.3, 0.4) is 0 Å². The predicted molar refractivity (Wildman–Crippen MR) is 64.6 cm³/mol. The van der Waals surface area contributed by atoms with Gasteiger partial charge in [-0.3, -0.25) is 4.79 Å². The first-order valence-corrected chi connectivity index (χ1v) is 5.21. The largest absolute Gasteiger partial charge is 0.618 e. The van der Waals surface area contributed by atoms with Gasteiger partial charge < -0.3 is 10.1 Å². The van der Waals surface area contributed by atoms with Gasteiger partial charge in [0, 0.05) is 24.9 Å². The van der Waals surface area contributed by atoms with Crippen molar-refractivity contribution < 1.29 is 9.52 Å². The third-order valence-corrected chi connectivity index (χ3v) is 2.49. The van der Waals surface area contributed by atoms with Gasteiger partial charge in [-0.25, -0.2) is 0 Å². The molecule has 2 aromatic rings. The van der Waals surface area contributed by atoms with E-state index in [-0.39, 0.29) is 11.6 Å². The molecule has 0 aliphatic heterocycles. The van der Waals surface area contributed by atoms with Crippen molar-refractivity contribution in [1.29, 1.82) is 0 Å². The molecule has 0 saturated heterocycles. The maximum absolute atomic E-state index is 12.1. The van der Waals surface area contributed by atoms with Crippen molar-refractivity contribution in [3.8, 4) is 0 Å². The van der Waals surface area contributed by atoms with E-state index in [9.17, 15) is 10.0 Å². The van der Waals surface area contributed by atoms with Gasteiger partial charge in [0.1, 0.15) is 0 Å². The third kappa shape index (κ3) is 2.25. The molecule has 0 N–H and O–H groups in total. The minimum absolute atomic E-state index is 0.110. The Balaban J connectivity index is 2.30. The van der Waals surface area contributed by atoms with E-state index in [1.54, 1.807) is 19.2 Å². The number of amides is 1. The van der Waals surface area contributed by atoms with E-state index in [4.69, 9.17) is 0 Å². The van der Waals surface area contributed by atoms with Gasteiger partial charge in [-0.1, -0.05) is 18.2 Å². The molecule has 0 aliphatic rings. The minimum atomic E-state index is -0.327. The minimum Gasteiger partial charge on any atom is -0.618 e. The van der Waals surface area contributed by atoms with Gasteiger partial charge >= 0.3 is 5.91 Å². The molecule has 4 heteroatoms. The van der Waals surface area contributed by atoms with Crippen molar-refractivity contribution in [3.05, 3.63) is 65.6 Å². The molecule has 0 atom stereocenters. The zero-order chi connectivity index (χ0) is 12.3. The summed E-state index contributed by atoms with van der Waals surface area (Å²) in [5.74, 6) is -0.327. The first kappa shape index (κ1) is 11.1. The van der Waals surface area contributed by atoms with E-state index in [2.05, 4.69) is 0 Å². The van der Waals surface area contributed by atoms with Gasteiger partial charge in [0.15, 0.2) is 6.20 Å². The van der Waals surface area contributed by atoms with Crippen LogP contribution in [0, 0.1) is 5.21 Å². The van der Waals surface area contributed by atoms with E-state index in [1.807, 2.05) is 30.3 Å². The SMILES string of the molecule is CN(C(=O)c1cccc[n+]1[O-])c1ccccc1. The lowest BCUT2D eigenvalue weighted by molar-refractivity contribution is -0.607. The molecule has 4 nitrogen and oxygen atoms in total. The Hall–Kier alpha value is -2.36. The Morgan fingerprint density at radius 2 is 1.76 bits per heavy atom. The summed E-state index contributed by atoms with van der Waals surface area (Å²) in [7, 11) is 1.64. The lowest BCUT2D eigenvalue weighted by atomic mass is 10.2. The highest BCUT2D eigenvalue weighted by Gasteiger charge is 2.20. The van der Waals surface area contributed by atoms with E-state index < -0.39 is 0 Å². The van der Waals surface area contributed by atoms with Crippen molar-refractivity contribution in [3.63, 3.8) is 0 Å². The van der Waals surface area contributed by atoms with Crippen LogP contribution in [-0.2, 0) is 0 Å². The number of para-hydroxylation sites is 1. The smallest absolute Gasteiger partial charge is 0.324 e. The molecule has 1 aromatic carbocycles. The molecule has 0 spiro atoms. The zero-order valence-corrected chi connectivity index (χ0v) is 9.41. The van der Waals surface area contributed by atoms with E-state index >= 15 is 0 Å². The summed E-state index contributed by atoms with van der Waals surface area (Å²) < 4.78 is 0.571. The van der Waals surface area contributed by atoms with Gasteiger partial charge in [0.05, 0.1) is 0 Å². The Morgan fingerprint density at radius 1 is 1.12 bits per heavy atom. The molecule has 0 radical (unpaired) electrons. The van der Waals surface area contributed by atoms with Crippen LogP contribution in [0.1, 0.15) is 10.5 Å². The van der Waals surface area contributed by atoms with Crippen LogP contribution < -0.4 is 9.63 Å². The van der Waals surface area contributed by atoms with Crippen LogP contribution in [0.5, 0.6) is 0 Å². The Morgan fingerprint density at radius 3 is 2.41 bits per heavy atom. The molecule has 86 valence electrons. The van der Waals surface area contributed by atoms with Crippen LogP contribution in [0.25, 0.3) is 0 Å². The highest BCUT2D eigenvalue weighted by molar-refractivity contribution is 6.03. The van der Waals surface area contributed by atoms with Crippen molar-refractivity contribution in [2.24, 2.45) is 0 Å². The lowest BCUT2D eigenvalue weighted by Crippen LogP contribution is -2.39. The highest BCUT2D eigenvalue weighted by Crippen LogP contribution is 2.13. The first-order valence-electron chi connectivity index (χ1n) is 5.21. The van der Waals surface area contributed by atoms with E-state index in [0.717, 1.165) is 5.69 Å². The summed E-state index contributed by atoms with van der Waals surface area (Å²) in [5, 5.41) is 11.5. The fourth-order valence-corrected chi connectivity index (χ4v) is 1.53. The normalized spacial score (nSPS) is 9.94. The summed E-state index contributed by atoms with van der Waals surface area (Å²) in [6, 6.07) is 14.0. The number of carbonyl (C=O) groups excluding carboxylic acids is 1. The second-order valence-corrected chi connectivity index (χ2v) is 3.61. The van der Waals surface area contributed by atoms with Gasteiger partial charge in [-0.15, -0.1) is 0 Å². The monoisotopic (exact) mass is 228 g/mol. The topological polar surface area (TPSA) is 47.2 Å². The van der Waals surface area contributed by atoms with Crippen molar-refractivity contribution >= 4 is 11.6 Å². The molecule has 2 rings (SSSR count). The van der Waals surface area contributed by atoms with Crippen LogP contribution in [0.15, 0.2) is 54.7 Å². The average molecular weight is 228 g/mol. The van der Waals surface area contributed by atoms with E-state index in [1.165, 1.54) is 17.2 Å². The second kappa shape index (κ2) is 4.65. The standard InChI is InChI=1S/C13H12N2O2/c1-14(11-7-3-2-4-8-11)13(16)12-9-5-6-10-15(12)17/h2-10H,1H3. The summed E-state index contributed by atoms with van der Waals surface area (Å²) in [5.41, 5.74) is 0.861. The van der Waals surface area contributed by atoms with Crippen LogP contribution in [0.4, 0.5) is 5.69 Å². The number of carbonyl (C=O) groups is 1. The van der Waals surface area contributed by atoms with Crippen molar-refractivity contribution in [2.45, 2.75) is 0 Å². The summed E-state index contributed by atoms with van der Waals surface area (Å²) in [4.78, 5) is 13.5. The average Bonchev–Trinajstić information content (AvgIpc) is 2.39. The Kier molecular flexibility index (Phi) is 3.05. The van der Waals surface area contributed by atoms with E-state index in [0.29, 0.717) is 4.73 Å². The van der Waals surface area contributed by atoms with Crippen LogP contribution in [-0.4, -0.2) is 13.0 Å². The molecule has 17 heavy (non-hydrogen) atoms. The number of anilines is 1. The fraction of sp³-hybridized carbons (Fsp3) is 0.0769. The first-order chi connectivity index (χ1) is 8.20. The number of hydrogen-bond acceptors (Lipinski definition) is 2. The quantitative estimate of drug-likeness (QED) is 0.579. The lowest BCUT2D eigenvalue weighted by Gasteiger charge is -2.16. The molecule has 0 saturated carbocycles. The van der Waals surface area contributed by atoms with Gasteiger partial charge in [0.25, 0.3) is 5.69 Å². The number of nitrogens with zero attached hydrogens (tertiary/aromatic N) is 2. The molecule has 0 aliphatic carbocycles. The third-order valence-electron chi connectivity index (χ3n) is 2.49. The number of aromatic nitrogens is 1. The molecule has 1 amide bonds.